The van der Waals surface area contributed by atoms with E-state index in [1.165, 1.54) is 11.3 Å². The van der Waals surface area contributed by atoms with Crippen LogP contribution in [0.1, 0.15) is 11.1 Å². The average molecular weight is 597 g/mol. The van der Waals surface area contributed by atoms with Gasteiger partial charge in [-0.2, -0.15) is 0 Å². The molecule has 0 unspecified atom stereocenters. The van der Waals surface area contributed by atoms with Gasteiger partial charge in [0, 0.05) is 6.07 Å². The number of fused-ring (bicyclic) bond motifs is 2. The number of methoxy groups -OCH3 is 1. The Morgan fingerprint density at radius 2 is 1.78 bits per heavy atom. The van der Waals surface area contributed by atoms with Crippen LogP contribution < -0.4 is 14.2 Å². The minimum absolute atomic E-state index is 0.321. The summed E-state index contributed by atoms with van der Waals surface area (Å²) in [4.78, 5) is 5.36. The molecule has 7 nitrogen and oxygen atoms in total. The van der Waals surface area contributed by atoms with Gasteiger partial charge in [-0.25, -0.2) is 9.50 Å². The Morgan fingerprint density at radius 1 is 0.973 bits per heavy atom. The monoisotopic (exact) mass is 595 g/mol. The normalized spacial score (nSPS) is 11.3. The highest BCUT2D eigenvalue weighted by Crippen LogP contribution is 2.43. The fourth-order valence-electron chi connectivity index (χ4n) is 3.92. The largest absolute Gasteiger partial charge is 0.495 e. The van der Waals surface area contributed by atoms with E-state index in [1.54, 1.807) is 23.9 Å². The van der Waals surface area contributed by atoms with Crippen molar-refractivity contribution in [3.05, 3.63) is 93.0 Å². The summed E-state index contributed by atoms with van der Waals surface area (Å²) in [6, 6.07) is 21.5. The molecule has 3 aromatic heterocycles. The first-order valence-electron chi connectivity index (χ1n) is 11.3. The van der Waals surface area contributed by atoms with Gasteiger partial charge in [-0.05, 0) is 45.3 Å². The Morgan fingerprint density at radius 3 is 2.59 bits per heavy atom. The van der Waals surface area contributed by atoms with E-state index >= 15 is 0 Å². The fraction of sp³-hybridized carbons (Fsp3) is 0.111. The van der Waals surface area contributed by atoms with E-state index < -0.39 is 0 Å². The van der Waals surface area contributed by atoms with Crippen molar-refractivity contribution in [1.29, 1.82) is 0 Å². The van der Waals surface area contributed by atoms with Gasteiger partial charge >= 0.3 is 0 Å². The van der Waals surface area contributed by atoms with Crippen molar-refractivity contribution >= 4 is 54.8 Å². The summed E-state index contributed by atoms with van der Waals surface area (Å²) in [6.45, 7) is 0.817. The number of aromatic nitrogens is 3. The van der Waals surface area contributed by atoms with Gasteiger partial charge in [0.25, 0.3) is 0 Å². The number of hydrogen-bond acceptors (Lipinski definition) is 7. The Labute approximate surface area is 229 Å². The van der Waals surface area contributed by atoms with E-state index in [1.807, 2.05) is 60.7 Å². The molecule has 0 fully saturated rings. The maximum Gasteiger partial charge on any atom is 0.213 e. The Kier molecular flexibility index (Phi) is 6.50. The number of imidazole rings is 1. The van der Waals surface area contributed by atoms with Gasteiger partial charge in [0.15, 0.2) is 15.3 Å². The molecular formula is C27H19BrClN3O4S. The topological polar surface area (TPSA) is 71.0 Å². The summed E-state index contributed by atoms with van der Waals surface area (Å²) >= 11 is 11.4. The molecule has 0 aliphatic heterocycles. The maximum atomic E-state index is 6.58. The molecule has 0 amide bonds. The summed E-state index contributed by atoms with van der Waals surface area (Å²) in [5, 5.41) is 5.44. The zero-order valence-corrected chi connectivity index (χ0v) is 22.6. The minimum Gasteiger partial charge on any atom is -0.495 e. The zero-order valence-electron chi connectivity index (χ0n) is 19.5. The van der Waals surface area contributed by atoms with E-state index in [4.69, 9.17) is 30.2 Å². The average Bonchev–Trinajstić information content (AvgIpc) is 3.61. The lowest BCUT2D eigenvalue weighted by Gasteiger charge is -2.12. The third kappa shape index (κ3) is 4.90. The predicted octanol–water partition coefficient (Wildman–Crippen LogP) is 7.79. The molecule has 0 aliphatic carbocycles. The van der Waals surface area contributed by atoms with Crippen LogP contribution in [-0.2, 0) is 13.2 Å². The molecule has 0 N–H and O–H groups in total. The maximum absolute atomic E-state index is 6.58. The number of halogens is 2. The lowest BCUT2D eigenvalue weighted by molar-refractivity contribution is 0.296. The second-order valence-corrected chi connectivity index (χ2v) is 10.8. The van der Waals surface area contributed by atoms with Gasteiger partial charge in [0.2, 0.25) is 4.96 Å². The lowest BCUT2D eigenvalue weighted by Crippen LogP contribution is -1.99. The molecule has 0 atom stereocenters. The van der Waals surface area contributed by atoms with Crippen molar-refractivity contribution in [2.24, 2.45) is 0 Å². The first-order valence-corrected chi connectivity index (χ1v) is 13.3. The molecule has 6 aromatic rings. The molecule has 6 rings (SSSR count). The van der Waals surface area contributed by atoms with Crippen LogP contribution in [0.3, 0.4) is 0 Å². The van der Waals surface area contributed by atoms with Gasteiger partial charge < -0.3 is 18.6 Å². The molecule has 3 heterocycles. The minimum atomic E-state index is 0.321. The molecular weight excluding hydrogens is 578 g/mol. The van der Waals surface area contributed by atoms with Crippen molar-refractivity contribution in [3.63, 3.8) is 0 Å². The third-order valence-corrected chi connectivity index (χ3v) is 7.42. The molecule has 37 heavy (non-hydrogen) atoms. The van der Waals surface area contributed by atoms with Crippen LogP contribution in [0.5, 0.6) is 17.2 Å². The molecule has 3 aromatic carbocycles. The standard InChI is InChI=1S/C27H19BrClN3O4S/c1-33-23-12-21(35-15-17-8-5-9-18(10-17)34-14-16-6-3-2-4-7-16)19-11-22(36-25(19)24(23)29)20-13-32-27(30-20)37-26(28)31-32/h2-13H,14-15H2,1H3. The quantitative estimate of drug-likeness (QED) is 0.179. The fourth-order valence-corrected chi connectivity index (χ4v) is 5.41. The van der Waals surface area contributed by atoms with Crippen molar-refractivity contribution in [2.45, 2.75) is 13.2 Å². The summed E-state index contributed by atoms with van der Waals surface area (Å²) in [6.07, 6.45) is 1.81. The summed E-state index contributed by atoms with van der Waals surface area (Å²) < 4.78 is 26.2. The summed E-state index contributed by atoms with van der Waals surface area (Å²) in [5.74, 6) is 2.37. The van der Waals surface area contributed by atoms with Crippen molar-refractivity contribution < 1.29 is 18.6 Å². The van der Waals surface area contributed by atoms with Gasteiger partial charge in [0.05, 0.1) is 18.7 Å². The second-order valence-electron chi connectivity index (χ2n) is 8.16. The molecule has 0 radical (unpaired) electrons. The zero-order chi connectivity index (χ0) is 25.4. The van der Waals surface area contributed by atoms with Gasteiger partial charge in [-0.1, -0.05) is 65.4 Å². The van der Waals surface area contributed by atoms with E-state index in [2.05, 4.69) is 26.0 Å². The Balaban J connectivity index is 1.26. The van der Waals surface area contributed by atoms with Gasteiger partial charge in [-0.3, -0.25) is 0 Å². The van der Waals surface area contributed by atoms with E-state index in [0.717, 1.165) is 31.1 Å². The van der Waals surface area contributed by atoms with Crippen molar-refractivity contribution in [3.8, 4) is 28.7 Å². The number of ether oxygens (including phenoxy) is 3. The van der Waals surface area contributed by atoms with Crippen molar-refractivity contribution in [2.75, 3.05) is 7.11 Å². The van der Waals surface area contributed by atoms with E-state index in [9.17, 15) is 0 Å². The smallest absolute Gasteiger partial charge is 0.213 e. The number of benzene rings is 3. The lowest BCUT2D eigenvalue weighted by atomic mass is 10.2. The van der Waals surface area contributed by atoms with Crippen LogP contribution in [0.25, 0.3) is 27.4 Å². The van der Waals surface area contributed by atoms with Crippen molar-refractivity contribution in [1.82, 2.24) is 14.6 Å². The highest BCUT2D eigenvalue weighted by molar-refractivity contribution is 9.11. The number of rotatable bonds is 8. The molecule has 10 heteroatoms. The molecule has 0 bridgehead atoms. The highest BCUT2D eigenvalue weighted by atomic mass is 79.9. The van der Waals surface area contributed by atoms with E-state index in [-0.39, 0.29) is 0 Å². The Bertz CT molecular complexity index is 1680. The van der Waals surface area contributed by atoms with Crippen LogP contribution in [0.2, 0.25) is 5.02 Å². The van der Waals surface area contributed by atoms with Gasteiger partial charge in [-0.15, -0.1) is 5.10 Å². The Hall–Kier alpha value is -3.53. The number of hydrogen-bond donors (Lipinski definition) is 0. The van der Waals surface area contributed by atoms with Crippen LogP contribution >= 0.6 is 38.9 Å². The molecule has 0 spiro atoms. The number of nitrogens with zero attached hydrogens (tertiary/aromatic N) is 3. The first kappa shape index (κ1) is 23.8. The number of furan rings is 1. The van der Waals surface area contributed by atoms with Crippen LogP contribution in [-0.4, -0.2) is 21.7 Å². The molecule has 0 saturated heterocycles. The summed E-state index contributed by atoms with van der Waals surface area (Å²) in [7, 11) is 1.56. The highest BCUT2D eigenvalue weighted by Gasteiger charge is 2.20. The van der Waals surface area contributed by atoms with Crippen LogP contribution in [0.4, 0.5) is 0 Å². The van der Waals surface area contributed by atoms with Gasteiger partial charge in [0.1, 0.15) is 41.2 Å². The third-order valence-electron chi connectivity index (χ3n) is 5.71. The SMILES string of the molecule is COc1cc(OCc2cccc(OCc3ccccc3)c2)c2cc(-c3cn4nc(Br)sc4n3)oc2c1Cl. The predicted molar refractivity (Wildman–Crippen MR) is 147 cm³/mol. The second kappa shape index (κ2) is 10.1. The molecule has 0 aliphatic rings. The molecule has 0 saturated carbocycles. The summed E-state index contributed by atoms with van der Waals surface area (Å²) in [5.41, 5.74) is 3.18. The van der Waals surface area contributed by atoms with Crippen LogP contribution in [0.15, 0.2) is 81.3 Å². The first-order chi connectivity index (χ1) is 18.1. The van der Waals surface area contributed by atoms with E-state index in [0.29, 0.717) is 46.8 Å². The molecule has 186 valence electrons. The van der Waals surface area contributed by atoms with Crippen LogP contribution in [0, 0.1) is 0 Å².